The van der Waals surface area contributed by atoms with Gasteiger partial charge in [0, 0.05) is 6.54 Å². The van der Waals surface area contributed by atoms with E-state index in [0.29, 0.717) is 0 Å². The van der Waals surface area contributed by atoms with Crippen LogP contribution in [0.1, 0.15) is 33.1 Å². The first-order valence-electron chi connectivity index (χ1n) is 5.48. The molecule has 1 aliphatic rings. The van der Waals surface area contributed by atoms with Gasteiger partial charge in [0.25, 0.3) is 0 Å². The van der Waals surface area contributed by atoms with Gasteiger partial charge in [-0.05, 0) is 44.8 Å². The molecule has 0 spiro atoms. The van der Waals surface area contributed by atoms with Gasteiger partial charge in [-0.1, -0.05) is 24.6 Å². The van der Waals surface area contributed by atoms with Gasteiger partial charge < -0.3 is 10.1 Å². The highest BCUT2D eigenvalue weighted by molar-refractivity contribution is 5.96. The maximum atomic E-state index is 8.85. The average Bonchev–Trinajstić information content (AvgIpc) is 2.12. The monoisotopic (exact) mass is 246 g/mol. The van der Waals surface area contributed by atoms with Gasteiger partial charge in [0.1, 0.15) is 0 Å². The second-order valence-corrected chi connectivity index (χ2v) is 5.46. The van der Waals surface area contributed by atoms with Crippen molar-refractivity contribution in [3.8, 4) is 0 Å². The minimum atomic E-state index is 0. The zero-order chi connectivity index (χ0) is 11.5. The van der Waals surface area contributed by atoms with E-state index in [1.54, 1.807) is 0 Å². The summed E-state index contributed by atoms with van der Waals surface area (Å²) in [5, 5.41) is 12.2. The molecule has 0 fully saturated rings. The van der Waals surface area contributed by atoms with Gasteiger partial charge in [-0.15, -0.1) is 12.4 Å². The van der Waals surface area contributed by atoms with Crippen LogP contribution in [-0.4, -0.2) is 36.5 Å². The topological polar surface area (TPSA) is 35.8 Å². The molecule has 0 unspecified atom stereocenters. The Morgan fingerprint density at radius 2 is 2.00 bits per heavy atom. The molecule has 0 bridgehead atoms. The number of hydrogen-bond donors (Lipinski definition) is 1. The predicted molar refractivity (Wildman–Crippen MR) is 70.7 cm³/mol. The van der Waals surface area contributed by atoms with Crippen LogP contribution in [0.25, 0.3) is 0 Å². The molecule has 0 radical (unpaired) electrons. The molecule has 0 heterocycles. The van der Waals surface area contributed by atoms with Gasteiger partial charge in [0.15, 0.2) is 0 Å². The number of allylic oxidation sites excluding steroid dienone is 1. The maximum Gasteiger partial charge on any atom is 0.0800 e. The van der Waals surface area contributed by atoms with E-state index in [9.17, 15) is 0 Å². The third-order valence-corrected chi connectivity index (χ3v) is 2.74. The third kappa shape index (κ3) is 4.99. The van der Waals surface area contributed by atoms with E-state index in [1.165, 1.54) is 5.57 Å². The first-order chi connectivity index (χ1) is 6.93. The summed E-state index contributed by atoms with van der Waals surface area (Å²) in [6, 6.07) is 0. The molecule has 0 aromatic carbocycles. The smallest absolute Gasteiger partial charge is 0.0800 e. The Morgan fingerprint density at radius 1 is 1.38 bits per heavy atom. The average molecular weight is 247 g/mol. The summed E-state index contributed by atoms with van der Waals surface area (Å²) >= 11 is 0. The van der Waals surface area contributed by atoms with Gasteiger partial charge in [0.2, 0.25) is 0 Å². The lowest BCUT2D eigenvalue weighted by atomic mass is 9.76. The van der Waals surface area contributed by atoms with Crippen molar-refractivity contribution in [1.82, 2.24) is 4.90 Å². The highest BCUT2D eigenvalue weighted by Gasteiger charge is 2.26. The second kappa shape index (κ2) is 6.26. The molecule has 16 heavy (non-hydrogen) atoms. The van der Waals surface area contributed by atoms with Crippen molar-refractivity contribution in [2.24, 2.45) is 10.6 Å². The van der Waals surface area contributed by atoms with E-state index in [2.05, 4.69) is 44.1 Å². The molecule has 0 aliphatic heterocycles. The quantitative estimate of drug-likeness (QED) is 0.614. The Morgan fingerprint density at radius 3 is 2.50 bits per heavy atom. The number of hydrogen-bond acceptors (Lipinski definition) is 3. The van der Waals surface area contributed by atoms with Gasteiger partial charge in [-0.25, -0.2) is 0 Å². The van der Waals surface area contributed by atoms with Crippen LogP contribution in [0, 0.1) is 5.41 Å². The molecule has 0 saturated carbocycles. The summed E-state index contributed by atoms with van der Waals surface area (Å²) in [6.07, 6.45) is 5.10. The van der Waals surface area contributed by atoms with Crippen LogP contribution < -0.4 is 0 Å². The second-order valence-electron chi connectivity index (χ2n) is 5.46. The Hall–Kier alpha value is -0.540. The first-order valence-corrected chi connectivity index (χ1v) is 5.48. The van der Waals surface area contributed by atoms with Crippen LogP contribution >= 0.6 is 12.4 Å². The molecule has 0 aromatic heterocycles. The van der Waals surface area contributed by atoms with E-state index in [4.69, 9.17) is 5.21 Å². The van der Waals surface area contributed by atoms with E-state index in [1.807, 2.05) is 0 Å². The molecule has 0 amide bonds. The highest BCUT2D eigenvalue weighted by atomic mass is 35.5. The molecule has 4 heteroatoms. The van der Waals surface area contributed by atoms with Crippen LogP contribution in [0.3, 0.4) is 0 Å². The molecule has 1 rings (SSSR count). The molecule has 1 aliphatic carbocycles. The zero-order valence-corrected chi connectivity index (χ0v) is 11.5. The highest BCUT2D eigenvalue weighted by Crippen LogP contribution is 2.35. The minimum Gasteiger partial charge on any atom is -0.411 e. The van der Waals surface area contributed by atoms with Crippen molar-refractivity contribution in [3.05, 3.63) is 11.6 Å². The Kier molecular flexibility index (Phi) is 6.05. The van der Waals surface area contributed by atoms with E-state index in [0.717, 1.165) is 31.5 Å². The van der Waals surface area contributed by atoms with Gasteiger partial charge in [-0.2, -0.15) is 0 Å². The van der Waals surface area contributed by atoms with Crippen molar-refractivity contribution in [2.75, 3.05) is 20.6 Å². The first kappa shape index (κ1) is 15.5. The fourth-order valence-corrected chi connectivity index (χ4v) is 2.10. The molecule has 0 atom stereocenters. The summed E-state index contributed by atoms with van der Waals surface area (Å²) < 4.78 is 0. The normalized spacial score (nSPS) is 21.8. The summed E-state index contributed by atoms with van der Waals surface area (Å²) in [7, 11) is 4.16. The minimum absolute atomic E-state index is 0. The van der Waals surface area contributed by atoms with E-state index >= 15 is 0 Å². The van der Waals surface area contributed by atoms with Crippen molar-refractivity contribution in [2.45, 2.75) is 33.1 Å². The molecule has 0 saturated heterocycles. The zero-order valence-electron chi connectivity index (χ0n) is 10.7. The van der Waals surface area contributed by atoms with Crippen molar-refractivity contribution >= 4 is 18.1 Å². The van der Waals surface area contributed by atoms with Gasteiger partial charge in [-0.3, -0.25) is 0 Å². The number of nitrogens with zero attached hydrogens (tertiary/aromatic N) is 2. The number of rotatable bonds is 3. The standard InChI is InChI=1S/C12H22N2O.ClH/c1-12(2)8-10(5-6-14(3)4)7-11(9-12)13-15;/h7,15H,5-6,8-9H2,1-4H3;1H/b13-11+;. The fraction of sp³-hybridized carbons (Fsp3) is 0.750. The Balaban J connectivity index is 0.00000225. The van der Waals surface area contributed by atoms with Crippen LogP contribution in [0.4, 0.5) is 0 Å². The third-order valence-electron chi connectivity index (χ3n) is 2.74. The summed E-state index contributed by atoms with van der Waals surface area (Å²) in [6.45, 7) is 5.50. The van der Waals surface area contributed by atoms with Crippen LogP contribution in [0.5, 0.6) is 0 Å². The largest absolute Gasteiger partial charge is 0.411 e. The van der Waals surface area contributed by atoms with Gasteiger partial charge in [0.05, 0.1) is 5.71 Å². The summed E-state index contributed by atoms with van der Waals surface area (Å²) in [5.74, 6) is 0. The molecule has 94 valence electrons. The lowest BCUT2D eigenvalue weighted by molar-refractivity contribution is 0.305. The van der Waals surface area contributed by atoms with Crippen LogP contribution in [0.15, 0.2) is 16.8 Å². The summed E-state index contributed by atoms with van der Waals surface area (Å²) in [5.41, 5.74) is 2.45. The maximum absolute atomic E-state index is 8.85. The van der Waals surface area contributed by atoms with Crippen molar-refractivity contribution < 1.29 is 5.21 Å². The molecule has 0 aromatic rings. The van der Waals surface area contributed by atoms with Crippen molar-refractivity contribution in [3.63, 3.8) is 0 Å². The van der Waals surface area contributed by atoms with Crippen LogP contribution in [0.2, 0.25) is 0 Å². The Labute approximate surface area is 105 Å². The molecule has 1 N–H and O–H groups in total. The molecular formula is C12H23ClN2O. The van der Waals surface area contributed by atoms with E-state index in [-0.39, 0.29) is 17.8 Å². The van der Waals surface area contributed by atoms with Crippen LogP contribution in [-0.2, 0) is 0 Å². The van der Waals surface area contributed by atoms with E-state index < -0.39 is 0 Å². The number of halogens is 1. The predicted octanol–water partition coefficient (Wildman–Crippen LogP) is 2.94. The van der Waals surface area contributed by atoms with Gasteiger partial charge >= 0.3 is 0 Å². The molecular weight excluding hydrogens is 224 g/mol. The lowest BCUT2D eigenvalue weighted by Crippen LogP contribution is -2.23. The number of oxime groups is 1. The lowest BCUT2D eigenvalue weighted by Gasteiger charge is -2.30. The van der Waals surface area contributed by atoms with Crippen molar-refractivity contribution in [1.29, 1.82) is 0 Å². The molecule has 3 nitrogen and oxygen atoms in total. The fourth-order valence-electron chi connectivity index (χ4n) is 2.10. The summed E-state index contributed by atoms with van der Waals surface area (Å²) in [4.78, 5) is 2.18. The Bertz CT molecular complexity index is 283. The SMILES string of the molecule is CN(C)CCC1=C/C(=N\O)CC(C)(C)C1.Cl.